The van der Waals surface area contributed by atoms with Gasteiger partial charge in [-0.1, -0.05) is 0 Å². The van der Waals surface area contributed by atoms with Crippen molar-refractivity contribution in [1.29, 1.82) is 0 Å². The van der Waals surface area contributed by atoms with Crippen LogP contribution in [0.1, 0.15) is 32.1 Å². The first-order valence-corrected chi connectivity index (χ1v) is 7.89. The number of ether oxygens (including phenoxy) is 1. The number of imide groups is 1. The van der Waals surface area contributed by atoms with E-state index in [2.05, 4.69) is 10.4 Å². The van der Waals surface area contributed by atoms with E-state index < -0.39 is 5.91 Å². The van der Waals surface area contributed by atoms with Crippen LogP contribution in [0.25, 0.3) is 0 Å². The number of likely N-dealkylation sites (tertiary alicyclic amines) is 1. The standard InChI is InChI=1S/C15H20N4O4/c20-13(10-19-14(21)4-5-15(19)22)17-11-7-16-18(8-11)9-12-3-1-2-6-23-12/h7-8,12H,1-6,9-10H2,(H,17,20)/t12-/m0/s1. The third-order valence-electron chi connectivity index (χ3n) is 4.04. The Bertz CT molecular complexity index is 590. The van der Waals surface area contributed by atoms with Crippen molar-refractivity contribution in [2.75, 3.05) is 18.5 Å². The minimum atomic E-state index is -0.401. The lowest BCUT2D eigenvalue weighted by Crippen LogP contribution is -2.36. The van der Waals surface area contributed by atoms with Crippen LogP contribution >= 0.6 is 0 Å². The summed E-state index contributed by atoms with van der Waals surface area (Å²) in [6.45, 7) is 1.20. The van der Waals surface area contributed by atoms with Gasteiger partial charge in [-0.15, -0.1) is 0 Å². The third-order valence-corrected chi connectivity index (χ3v) is 4.04. The van der Waals surface area contributed by atoms with Crippen LogP contribution in [0.4, 0.5) is 5.69 Å². The third kappa shape index (κ3) is 3.95. The van der Waals surface area contributed by atoms with E-state index in [1.807, 2.05) is 0 Å². The number of hydrogen-bond acceptors (Lipinski definition) is 5. The van der Waals surface area contributed by atoms with Crippen molar-refractivity contribution in [3.8, 4) is 0 Å². The fraction of sp³-hybridized carbons (Fsp3) is 0.600. The molecule has 0 aromatic carbocycles. The number of nitrogens with zero attached hydrogens (tertiary/aromatic N) is 3. The number of nitrogens with one attached hydrogen (secondary N) is 1. The summed E-state index contributed by atoms with van der Waals surface area (Å²) in [6.07, 6.45) is 7.08. The predicted molar refractivity (Wildman–Crippen MR) is 80.4 cm³/mol. The maximum Gasteiger partial charge on any atom is 0.244 e. The van der Waals surface area contributed by atoms with Crippen LogP contribution in [0.2, 0.25) is 0 Å². The molecule has 0 radical (unpaired) electrons. The molecule has 3 rings (SSSR count). The van der Waals surface area contributed by atoms with Crippen LogP contribution in [0.3, 0.4) is 0 Å². The molecule has 2 aliphatic rings. The number of amides is 3. The van der Waals surface area contributed by atoms with Crippen molar-refractivity contribution in [1.82, 2.24) is 14.7 Å². The van der Waals surface area contributed by atoms with Crippen LogP contribution in [-0.4, -0.2) is 51.7 Å². The van der Waals surface area contributed by atoms with Gasteiger partial charge in [0.2, 0.25) is 17.7 Å². The molecule has 1 aromatic heterocycles. The van der Waals surface area contributed by atoms with Gasteiger partial charge in [-0.25, -0.2) is 0 Å². The Morgan fingerprint density at radius 1 is 1.30 bits per heavy atom. The molecule has 0 spiro atoms. The first-order chi connectivity index (χ1) is 11.1. The van der Waals surface area contributed by atoms with Crippen LogP contribution in [0.5, 0.6) is 0 Å². The molecule has 1 aromatic rings. The molecule has 0 aliphatic carbocycles. The first-order valence-electron chi connectivity index (χ1n) is 7.89. The van der Waals surface area contributed by atoms with Gasteiger partial charge in [-0.3, -0.25) is 24.0 Å². The van der Waals surface area contributed by atoms with Gasteiger partial charge < -0.3 is 10.1 Å². The summed E-state index contributed by atoms with van der Waals surface area (Å²) < 4.78 is 7.39. The fourth-order valence-corrected chi connectivity index (χ4v) is 2.83. The molecule has 0 saturated carbocycles. The fourth-order valence-electron chi connectivity index (χ4n) is 2.83. The Labute approximate surface area is 133 Å². The number of rotatable bonds is 5. The van der Waals surface area contributed by atoms with Gasteiger partial charge in [0.1, 0.15) is 6.54 Å². The molecule has 2 saturated heterocycles. The monoisotopic (exact) mass is 320 g/mol. The van der Waals surface area contributed by atoms with Gasteiger partial charge >= 0.3 is 0 Å². The highest BCUT2D eigenvalue weighted by atomic mass is 16.5. The van der Waals surface area contributed by atoms with E-state index in [1.165, 1.54) is 0 Å². The average Bonchev–Trinajstić information content (AvgIpc) is 3.09. The summed E-state index contributed by atoms with van der Waals surface area (Å²) in [5.74, 6) is -0.993. The van der Waals surface area contributed by atoms with E-state index in [9.17, 15) is 14.4 Å². The maximum absolute atomic E-state index is 11.9. The molecule has 8 nitrogen and oxygen atoms in total. The largest absolute Gasteiger partial charge is 0.376 e. The number of aromatic nitrogens is 2. The molecule has 1 atom stereocenters. The van der Waals surface area contributed by atoms with Crippen molar-refractivity contribution in [3.05, 3.63) is 12.4 Å². The minimum Gasteiger partial charge on any atom is -0.376 e. The lowest BCUT2D eigenvalue weighted by atomic mass is 10.1. The predicted octanol–water partition coefficient (Wildman–Crippen LogP) is 0.540. The molecule has 0 unspecified atom stereocenters. The van der Waals surface area contributed by atoms with Crippen molar-refractivity contribution in [2.45, 2.75) is 44.8 Å². The zero-order chi connectivity index (χ0) is 16.2. The maximum atomic E-state index is 11.9. The summed E-state index contributed by atoms with van der Waals surface area (Å²) in [6, 6.07) is 0. The Morgan fingerprint density at radius 3 is 2.78 bits per heavy atom. The second-order valence-corrected chi connectivity index (χ2v) is 5.86. The number of carbonyl (C=O) groups excluding carboxylic acids is 3. The van der Waals surface area contributed by atoms with Gasteiger partial charge in [0.15, 0.2) is 0 Å². The van der Waals surface area contributed by atoms with Gasteiger partial charge in [0.25, 0.3) is 0 Å². The quantitative estimate of drug-likeness (QED) is 0.799. The molecular formula is C15H20N4O4. The van der Waals surface area contributed by atoms with E-state index in [0.29, 0.717) is 12.2 Å². The van der Waals surface area contributed by atoms with Crippen LogP contribution in [0.15, 0.2) is 12.4 Å². The lowest BCUT2D eigenvalue weighted by Gasteiger charge is -2.22. The van der Waals surface area contributed by atoms with E-state index >= 15 is 0 Å². The molecule has 8 heteroatoms. The summed E-state index contributed by atoms with van der Waals surface area (Å²) in [5.41, 5.74) is 0.546. The second kappa shape index (κ2) is 6.91. The van der Waals surface area contributed by atoms with Crippen molar-refractivity contribution in [3.63, 3.8) is 0 Å². The van der Waals surface area contributed by atoms with Gasteiger partial charge in [-0.2, -0.15) is 5.10 Å². The Hall–Kier alpha value is -2.22. The smallest absolute Gasteiger partial charge is 0.244 e. The molecular weight excluding hydrogens is 300 g/mol. The lowest BCUT2D eigenvalue weighted by molar-refractivity contribution is -0.141. The zero-order valence-corrected chi connectivity index (χ0v) is 12.9. The van der Waals surface area contributed by atoms with E-state index in [-0.39, 0.29) is 37.3 Å². The van der Waals surface area contributed by atoms with Crippen molar-refractivity contribution in [2.24, 2.45) is 0 Å². The van der Waals surface area contributed by atoms with Crippen LogP contribution < -0.4 is 5.32 Å². The Morgan fingerprint density at radius 2 is 2.09 bits per heavy atom. The van der Waals surface area contributed by atoms with Gasteiger partial charge in [0, 0.05) is 25.6 Å². The van der Waals surface area contributed by atoms with Crippen LogP contribution in [0, 0.1) is 0 Å². The Balaban J connectivity index is 1.51. The molecule has 2 fully saturated rings. The number of carbonyl (C=O) groups is 3. The van der Waals surface area contributed by atoms with E-state index in [1.54, 1.807) is 17.1 Å². The zero-order valence-electron chi connectivity index (χ0n) is 12.9. The minimum absolute atomic E-state index is 0.159. The molecule has 3 amide bonds. The highest BCUT2D eigenvalue weighted by Crippen LogP contribution is 2.16. The van der Waals surface area contributed by atoms with E-state index in [0.717, 1.165) is 30.8 Å². The SMILES string of the molecule is O=C(CN1C(=O)CCC1=O)Nc1cnn(C[C@@H]2CCCCO2)c1. The van der Waals surface area contributed by atoms with Gasteiger partial charge in [0.05, 0.1) is 24.5 Å². The summed E-state index contributed by atoms with van der Waals surface area (Å²) in [4.78, 5) is 35.9. The molecule has 0 bridgehead atoms. The van der Waals surface area contributed by atoms with Crippen LogP contribution in [-0.2, 0) is 25.7 Å². The molecule has 2 aliphatic heterocycles. The number of hydrogen-bond donors (Lipinski definition) is 1. The van der Waals surface area contributed by atoms with Crippen molar-refractivity contribution >= 4 is 23.4 Å². The highest BCUT2D eigenvalue weighted by molar-refractivity contribution is 6.06. The number of anilines is 1. The van der Waals surface area contributed by atoms with Crippen molar-refractivity contribution < 1.29 is 19.1 Å². The summed E-state index contributed by atoms with van der Waals surface area (Å²) >= 11 is 0. The molecule has 23 heavy (non-hydrogen) atoms. The molecule has 1 N–H and O–H groups in total. The van der Waals surface area contributed by atoms with Gasteiger partial charge in [-0.05, 0) is 19.3 Å². The topological polar surface area (TPSA) is 93.5 Å². The summed E-state index contributed by atoms with van der Waals surface area (Å²) in [5, 5.41) is 6.86. The first kappa shape index (κ1) is 15.7. The highest BCUT2D eigenvalue weighted by Gasteiger charge is 2.30. The molecule has 3 heterocycles. The normalized spacial score (nSPS) is 21.7. The summed E-state index contributed by atoms with van der Waals surface area (Å²) in [7, 11) is 0. The van der Waals surface area contributed by atoms with E-state index in [4.69, 9.17) is 4.74 Å². The second-order valence-electron chi connectivity index (χ2n) is 5.86. The Kier molecular flexibility index (Phi) is 4.71. The average molecular weight is 320 g/mol. The molecule has 124 valence electrons.